The molecule has 5 heteroatoms. The number of carbonyl (C=O) groups excluding carboxylic acids is 1. The number of hydrogen-bond donors (Lipinski definition) is 2. The van der Waals surface area contributed by atoms with Crippen molar-refractivity contribution in [3.8, 4) is 0 Å². The van der Waals surface area contributed by atoms with Crippen molar-refractivity contribution in [3.63, 3.8) is 0 Å². The second-order valence-corrected chi connectivity index (χ2v) is 4.63. The maximum Gasteiger partial charge on any atom is 0.308 e. The molecule has 2 N–H and O–H groups in total. The van der Waals surface area contributed by atoms with E-state index in [2.05, 4.69) is 5.32 Å². The first-order valence-electron chi connectivity index (χ1n) is 6.12. The van der Waals surface area contributed by atoms with Crippen LogP contribution in [0.5, 0.6) is 0 Å². The quantitative estimate of drug-likeness (QED) is 0.740. The van der Waals surface area contributed by atoms with Gasteiger partial charge in [0.15, 0.2) is 0 Å². The van der Waals surface area contributed by atoms with Crippen LogP contribution in [0.4, 0.5) is 0 Å². The van der Waals surface area contributed by atoms with Crippen molar-refractivity contribution in [2.24, 2.45) is 5.92 Å². The molecule has 0 saturated carbocycles. The Morgan fingerprint density at radius 2 is 1.82 bits per heavy atom. The normalized spacial score (nSPS) is 13.0. The average molecular weight is 263 g/mol. The van der Waals surface area contributed by atoms with E-state index >= 15 is 0 Å². The predicted octanol–water partition coefficient (Wildman–Crippen LogP) is 2.38. The molecule has 0 aromatic rings. The second kappa shape index (κ2) is 11.8. The summed E-state index contributed by atoms with van der Waals surface area (Å²) >= 11 is 1.64. The van der Waals surface area contributed by atoms with Gasteiger partial charge in [-0.2, -0.15) is 11.8 Å². The van der Waals surface area contributed by atoms with Crippen molar-refractivity contribution in [1.82, 2.24) is 5.32 Å². The van der Waals surface area contributed by atoms with Gasteiger partial charge in [0.1, 0.15) is 0 Å². The second-order valence-electron chi connectivity index (χ2n) is 3.31. The summed E-state index contributed by atoms with van der Waals surface area (Å²) in [7, 11) is 0. The topological polar surface area (TPSA) is 66.4 Å². The Morgan fingerprint density at radius 1 is 1.29 bits per heavy atom. The lowest BCUT2D eigenvalue weighted by Gasteiger charge is -2.21. The Morgan fingerprint density at radius 3 is 2.18 bits per heavy atom. The van der Waals surface area contributed by atoms with Crippen molar-refractivity contribution in [1.29, 1.82) is 0 Å². The van der Waals surface area contributed by atoms with Gasteiger partial charge in [-0.25, -0.2) is 0 Å². The maximum absolute atomic E-state index is 11.2. The first-order chi connectivity index (χ1) is 8.02. The molecule has 0 aliphatic heterocycles. The molecule has 0 heterocycles. The number of carbonyl (C=O) groups is 2. The largest absolute Gasteiger partial charge is 0.481 e. The average Bonchev–Trinajstić information content (AvgIpc) is 2.35. The van der Waals surface area contributed by atoms with Crippen LogP contribution in [0.25, 0.3) is 0 Å². The minimum absolute atomic E-state index is 0.0928. The summed E-state index contributed by atoms with van der Waals surface area (Å²) in [4.78, 5) is 22.0. The van der Waals surface area contributed by atoms with Crippen molar-refractivity contribution < 1.29 is 14.7 Å². The SMILES string of the molecule is CC.CCSCC(NC(=O)CC)C(C)C(=O)O. The van der Waals surface area contributed by atoms with Gasteiger partial charge in [0.05, 0.1) is 12.0 Å². The van der Waals surface area contributed by atoms with Crippen LogP contribution in [0.3, 0.4) is 0 Å². The number of nitrogens with one attached hydrogen (secondary N) is 1. The molecule has 0 aromatic heterocycles. The third-order valence-electron chi connectivity index (χ3n) is 2.16. The van der Waals surface area contributed by atoms with Gasteiger partial charge in [-0.05, 0) is 12.7 Å². The van der Waals surface area contributed by atoms with E-state index in [1.54, 1.807) is 25.6 Å². The van der Waals surface area contributed by atoms with E-state index < -0.39 is 11.9 Å². The number of carboxylic acids is 1. The molecule has 0 aliphatic rings. The zero-order chi connectivity index (χ0) is 13.8. The molecule has 102 valence electrons. The highest BCUT2D eigenvalue weighted by molar-refractivity contribution is 7.99. The lowest BCUT2D eigenvalue weighted by atomic mass is 10.0. The third kappa shape index (κ3) is 9.03. The first kappa shape index (κ1) is 18.6. The molecular formula is C12H25NO3S. The lowest BCUT2D eigenvalue weighted by Crippen LogP contribution is -2.43. The van der Waals surface area contributed by atoms with E-state index in [4.69, 9.17) is 5.11 Å². The lowest BCUT2D eigenvalue weighted by molar-refractivity contribution is -0.142. The minimum Gasteiger partial charge on any atom is -0.481 e. The number of carboxylic acid groups (broad SMARTS) is 1. The van der Waals surface area contributed by atoms with Crippen LogP contribution in [-0.2, 0) is 9.59 Å². The van der Waals surface area contributed by atoms with Gasteiger partial charge < -0.3 is 10.4 Å². The number of amides is 1. The summed E-state index contributed by atoms with van der Waals surface area (Å²) in [6.07, 6.45) is 0.389. The third-order valence-corrected chi connectivity index (χ3v) is 3.17. The highest BCUT2D eigenvalue weighted by Crippen LogP contribution is 2.11. The van der Waals surface area contributed by atoms with Crippen molar-refractivity contribution >= 4 is 23.6 Å². The van der Waals surface area contributed by atoms with Crippen molar-refractivity contribution in [3.05, 3.63) is 0 Å². The van der Waals surface area contributed by atoms with Gasteiger partial charge in [0.2, 0.25) is 5.91 Å². The summed E-state index contributed by atoms with van der Waals surface area (Å²) in [5.41, 5.74) is 0. The van der Waals surface area contributed by atoms with E-state index in [9.17, 15) is 9.59 Å². The van der Waals surface area contributed by atoms with E-state index in [-0.39, 0.29) is 11.9 Å². The van der Waals surface area contributed by atoms with E-state index in [0.717, 1.165) is 5.75 Å². The summed E-state index contributed by atoms with van der Waals surface area (Å²) < 4.78 is 0. The molecule has 0 spiro atoms. The number of aliphatic carboxylic acids is 1. The zero-order valence-corrected chi connectivity index (χ0v) is 12.3. The molecule has 0 bridgehead atoms. The first-order valence-corrected chi connectivity index (χ1v) is 7.28. The Bertz CT molecular complexity index is 222. The summed E-state index contributed by atoms with van der Waals surface area (Å²) in [6.45, 7) is 9.39. The van der Waals surface area contributed by atoms with Gasteiger partial charge in [-0.1, -0.05) is 27.7 Å². The van der Waals surface area contributed by atoms with Crippen molar-refractivity contribution in [2.45, 2.75) is 47.1 Å². The standard InChI is InChI=1S/C10H19NO3S.C2H6/c1-4-9(12)11-8(6-15-5-2)7(3)10(13)14;1-2/h7-8H,4-6H2,1-3H3,(H,11,12)(H,13,14);1-2H3. The number of hydrogen-bond acceptors (Lipinski definition) is 3. The van der Waals surface area contributed by atoms with Crippen LogP contribution in [0.15, 0.2) is 0 Å². The van der Waals surface area contributed by atoms with Crippen molar-refractivity contribution in [2.75, 3.05) is 11.5 Å². The molecule has 2 atom stereocenters. The fourth-order valence-corrected chi connectivity index (χ4v) is 1.90. The van der Waals surface area contributed by atoms with Crippen LogP contribution in [-0.4, -0.2) is 34.5 Å². The summed E-state index contributed by atoms with van der Waals surface area (Å²) in [6, 6.07) is -0.278. The Labute approximate surface area is 109 Å². The Balaban J connectivity index is 0. The fourth-order valence-electron chi connectivity index (χ4n) is 1.04. The highest BCUT2D eigenvalue weighted by Gasteiger charge is 2.24. The van der Waals surface area contributed by atoms with Crippen LogP contribution in [0.1, 0.15) is 41.0 Å². The van der Waals surface area contributed by atoms with E-state index in [1.807, 2.05) is 20.8 Å². The van der Waals surface area contributed by atoms with E-state index in [1.165, 1.54) is 0 Å². The Kier molecular flexibility index (Phi) is 12.9. The van der Waals surface area contributed by atoms with E-state index in [0.29, 0.717) is 12.2 Å². The molecule has 2 unspecified atom stereocenters. The number of rotatable bonds is 7. The molecule has 0 aromatic carbocycles. The zero-order valence-electron chi connectivity index (χ0n) is 11.4. The molecule has 1 amide bonds. The molecule has 0 saturated heterocycles. The molecule has 0 radical (unpaired) electrons. The fraction of sp³-hybridized carbons (Fsp3) is 0.833. The predicted molar refractivity (Wildman–Crippen MR) is 73.4 cm³/mol. The summed E-state index contributed by atoms with van der Waals surface area (Å²) in [5.74, 6) is 0.0676. The highest BCUT2D eigenvalue weighted by atomic mass is 32.2. The maximum atomic E-state index is 11.2. The molecule has 0 rings (SSSR count). The van der Waals surface area contributed by atoms with Gasteiger partial charge in [-0.3, -0.25) is 9.59 Å². The molecule has 4 nitrogen and oxygen atoms in total. The van der Waals surface area contributed by atoms with Gasteiger partial charge in [-0.15, -0.1) is 0 Å². The van der Waals surface area contributed by atoms with Gasteiger partial charge in [0, 0.05) is 12.2 Å². The summed E-state index contributed by atoms with van der Waals surface area (Å²) in [5, 5.41) is 11.6. The molecule has 0 fully saturated rings. The van der Waals surface area contributed by atoms with Crippen LogP contribution >= 0.6 is 11.8 Å². The van der Waals surface area contributed by atoms with Gasteiger partial charge >= 0.3 is 5.97 Å². The van der Waals surface area contributed by atoms with Crippen LogP contribution < -0.4 is 5.32 Å². The van der Waals surface area contributed by atoms with Gasteiger partial charge in [0.25, 0.3) is 0 Å². The Hall–Kier alpha value is -0.710. The molecule has 0 aliphatic carbocycles. The minimum atomic E-state index is -0.867. The molecular weight excluding hydrogens is 238 g/mol. The smallest absolute Gasteiger partial charge is 0.308 e. The van der Waals surface area contributed by atoms with Crippen LogP contribution in [0, 0.1) is 5.92 Å². The molecule has 17 heavy (non-hydrogen) atoms. The van der Waals surface area contributed by atoms with Crippen LogP contribution in [0.2, 0.25) is 0 Å². The monoisotopic (exact) mass is 263 g/mol. The number of thioether (sulfide) groups is 1.